The predicted molar refractivity (Wildman–Crippen MR) is 65.2 cm³/mol. The van der Waals surface area contributed by atoms with Gasteiger partial charge in [0.1, 0.15) is 0 Å². The van der Waals surface area contributed by atoms with Gasteiger partial charge in [-0.3, -0.25) is 0 Å². The Kier molecular flexibility index (Phi) is 2.78. The molecule has 1 aromatic carbocycles. The van der Waals surface area contributed by atoms with Gasteiger partial charge in [-0.1, -0.05) is 18.2 Å². The van der Waals surface area contributed by atoms with Gasteiger partial charge in [-0.25, -0.2) is 0 Å². The van der Waals surface area contributed by atoms with Crippen LogP contribution in [0.5, 0.6) is 0 Å². The minimum Gasteiger partial charge on any atom is -0.348 e. The van der Waals surface area contributed by atoms with Crippen LogP contribution in [0.3, 0.4) is 0 Å². The fourth-order valence-corrected chi connectivity index (χ4v) is 1.92. The van der Waals surface area contributed by atoms with Crippen LogP contribution >= 0.6 is 0 Å². The summed E-state index contributed by atoms with van der Waals surface area (Å²) in [5.74, 6) is 0. The van der Waals surface area contributed by atoms with E-state index in [1.165, 1.54) is 16.6 Å². The maximum absolute atomic E-state index is 2.29. The quantitative estimate of drug-likeness (QED) is 0.741. The Morgan fingerprint density at radius 2 is 1.93 bits per heavy atom. The van der Waals surface area contributed by atoms with Gasteiger partial charge in [0, 0.05) is 31.2 Å². The standard InChI is InChI=1S/C13H18N2/c1-14(2)9-8-12-10-11-6-4-5-7-13(11)15(12)3/h4-7,10H,8-9H2,1-3H3. The Morgan fingerprint density at radius 1 is 1.20 bits per heavy atom. The molecule has 2 aromatic rings. The number of nitrogens with zero attached hydrogens (tertiary/aromatic N) is 2. The normalized spacial score (nSPS) is 11.5. The fraction of sp³-hybridized carbons (Fsp3) is 0.385. The molecule has 1 heterocycles. The summed E-state index contributed by atoms with van der Waals surface area (Å²) in [6.45, 7) is 1.10. The molecule has 0 saturated carbocycles. The number of rotatable bonds is 3. The van der Waals surface area contributed by atoms with Crippen LogP contribution in [-0.4, -0.2) is 30.1 Å². The second kappa shape index (κ2) is 4.07. The van der Waals surface area contributed by atoms with E-state index in [9.17, 15) is 0 Å². The molecule has 80 valence electrons. The second-order valence-corrected chi connectivity index (χ2v) is 4.31. The zero-order chi connectivity index (χ0) is 10.8. The summed E-state index contributed by atoms with van der Waals surface area (Å²) in [6.07, 6.45) is 1.11. The molecule has 2 heteroatoms. The molecule has 0 aliphatic carbocycles. The van der Waals surface area contributed by atoms with Crippen molar-refractivity contribution in [2.75, 3.05) is 20.6 Å². The van der Waals surface area contributed by atoms with Gasteiger partial charge in [-0.15, -0.1) is 0 Å². The number of hydrogen-bond donors (Lipinski definition) is 0. The molecule has 2 rings (SSSR count). The zero-order valence-corrected chi connectivity index (χ0v) is 9.70. The number of hydrogen-bond acceptors (Lipinski definition) is 1. The number of aryl methyl sites for hydroxylation is 1. The van der Waals surface area contributed by atoms with Crippen molar-refractivity contribution in [3.63, 3.8) is 0 Å². The third-order valence-corrected chi connectivity index (χ3v) is 2.87. The van der Waals surface area contributed by atoms with Crippen molar-refractivity contribution in [3.8, 4) is 0 Å². The third kappa shape index (κ3) is 2.05. The van der Waals surface area contributed by atoms with Crippen molar-refractivity contribution in [2.24, 2.45) is 7.05 Å². The first-order chi connectivity index (χ1) is 7.18. The van der Waals surface area contributed by atoms with E-state index in [2.05, 4.69) is 60.9 Å². The van der Waals surface area contributed by atoms with Crippen LogP contribution in [0.2, 0.25) is 0 Å². The summed E-state index contributed by atoms with van der Waals surface area (Å²) in [7, 11) is 6.37. The minimum atomic E-state index is 1.10. The van der Waals surface area contributed by atoms with Crippen molar-refractivity contribution in [1.29, 1.82) is 0 Å². The molecule has 0 N–H and O–H groups in total. The van der Waals surface area contributed by atoms with Crippen molar-refractivity contribution in [2.45, 2.75) is 6.42 Å². The van der Waals surface area contributed by atoms with Crippen molar-refractivity contribution in [3.05, 3.63) is 36.0 Å². The average Bonchev–Trinajstić information content (AvgIpc) is 2.54. The van der Waals surface area contributed by atoms with E-state index in [0.29, 0.717) is 0 Å². The summed E-state index contributed by atoms with van der Waals surface area (Å²) >= 11 is 0. The Hall–Kier alpha value is -1.28. The van der Waals surface area contributed by atoms with Crippen LogP contribution in [0.4, 0.5) is 0 Å². The molecule has 0 unspecified atom stereocenters. The number of aromatic nitrogens is 1. The van der Waals surface area contributed by atoms with E-state index >= 15 is 0 Å². The number of fused-ring (bicyclic) bond motifs is 1. The number of para-hydroxylation sites is 1. The summed E-state index contributed by atoms with van der Waals surface area (Å²) in [4.78, 5) is 2.22. The lowest BCUT2D eigenvalue weighted by Gasteiger charge is -2.09. The first kappa shape index (κ1) is 10.2. The Balaban J connectivity index is 2.32. The molecule has 0 atom stereocenters. The van der Waals surface area contributed by atoms with Crippen molar-refractivity contribution < 1.29 is 0 Å². The summed E-state index contributed by atoms with van der Waals surface area (Å²) in [5.41, 5.74) is 2.73. The van der Waals surface area contributed by atoms with Crippen molar-refractivity contribution in [1.82, 2.24) is 9.47 Å². The van der Waals surface area contributed by atoms with E-state index < -0.39 is 0 Å². The van der Waals surface area contributed by atoms with Crippen LogP contribution in [0.1, 0.15) is 5.69 Å². The lowest BCUT2D eigenvalue weighted by molar-refractivity contribution is 0.410. The molecule has 0 spiro atoms. The van der Waals surface area contributed by atoms with Gasteiger partial charge in [0.15, 0.2) is 0 Å². The summed E-state index contributed by atoms with van der Waals surface area (Å²) in [6, 6.07) is 10.8. The van der Waals surface area contributed by atoms with Crippen LogP contribution < -0.4 is 0 Å². The van der Waals surface area contributed by atoms with Crippen LogP contribution in [-0.2, 0) is 13.5 Å². The first-order valence-corrected chi connectivity index (χ1v) is 5.36. The Bertz CT molecular complexity index is 455. The first-order valence-electron chi connectivity index (χ1n) is 5.36. The van der Waals surface area contributed by atoms with E-state index in [4.69, 9.17) is 0 Å². The van der Waals surface area contributed by atoms with Gasteiger partial charge >= 0.3 is 0 Å². The largest absolute Gasteiger partial charge is 0.348 e. The summed E-state index contributed by atoms with van der Waals surface area (Å²) in [5, 5.41) is 1.34. The van der Waals surface area contributed by atoms with E-state index in [1.807, 2.05) is 0 Å². The molecule has 2 nitrogen and oxygen atoms in total. The van der Waals surface area contributed by atoms with Gasteiger partial charge in [-0.05, 0) is 31.6 Å². The van der Waals surface area contributed by atoms with E-state index in [0.717, 1.165) is 13.0 Å². The maximum Gasteiger partial charge on any atom is 0.0479 e. The number of benzene rings is 1. The van der Waals surface area contributed by atoms with E-state index in [-0.39, 0.29) is 0 Å². The summed E-state index contributed by atoms with van der Waals surface area (Å²) < 4.78 is 2.29. The Morgan fingerprint density at radius 3 is 2.60 bits per heavy atom. The monoisotopic (exact) mass is 202 g/mol. The smallest absolute Gasteiger partial charge is 0.0479 e. The molecule has 0 amide bonds. The molecule has 0 aliphatic rings. The molecule has 1 aromatic heterocycles. The van der Waals surface area contributed by atoms with Gasteiger partial charge in [-0.2, -0.15) is 0 Å². The topological polar surface area (TPSA) is 8.17 Å². The van der Waals surface area contributed by atoms with E-state index in [1.54, 1.807) is 0 Å². The Labute approximate surface area is 91.1 Å². The molecule has 0 fully saturated rings. The highest BCUT2D eigenvalue weighted by atomic mass is 15.1. The van der Waals surface area contributed by atoms with Crippen LogP contribution in [0, 0.1) is 0 Å². The fourth-order valence-electron chi connectivity index (χ4n) is 1.92. The molecule has 0 saturated heterocycles. The van der Waals surface area contributed by atoms with Crippen LogP contribution in [0.15, 0.2) is 30.3 Å². The van der Waals surface area contributed by atoms with Gasteiger partial charge in [0.05, 0.1) is 0 Å². The third-order valence-electron chi connectivity index (χ3n) is 2.87. The van der Waals surface area contributed by atoms with Crippen molar-refractivity contribution >= 4 is 10.9 Å². The number of likely N-dealkylation sites (N-methyl/N-ethyl adjacent to an activating group) is 1. The predicted octanol–water partition coefficient (Wildman–Crippen LogP) is 2.28. The maximum atomic E-state index is 2.29. The lowest BCUT2D eigenvalue weighted by Crippen LogP contribution is -2.16. The highest BCUT2D eigenvalue weighted by Gasteiger charge is 2.04. The minimum absolute atomic E-state index is 1.10. The molecule has 0 radical (unpaired) electrons. The zero-order valence-electron chi connectivity index (χ0n) is 9.70. The molecular formula is C13H18N2. The van der Waals surface area contributed by atoms with Gasteiger partial charge in [0.2, 0.25) is 0 Å². The highest BCUT2D eigenvalue weighted by molar-refractivity contribution is 5.81. The van der Waals surface area contributed by atoms with Crippen LogP contribution in [0.25, 0.3) is 10.9 Å². The molecule has 0 aliphatic heterocycles. The molecule has 0 bridgehead atoms. The highest BCUT2D eigenvalue weighted by Crippen LogP contribution is 2.18. The van der Waals surface area contributed by atoms with Gasteiger partial charge in [0.25, 0.3) is 0 Å². The molecular weight excluding hydrogens is 184 g/mol. The van der Waals surface area contributed by atoms with Gasteiger partial charge < -0.3 is 9.47 Å². The molecule has 15 heavy (non-hydrogen) atoms. The second-order valence-electron chi connectivity index (χ2n) is 4.31. The SMILES string of the molecule is CN(C)CCc1cc2ccccc2n1C. The average molecular weight is 202 g/mol. The lowest BCUT2D eigenvalue weighted by atomic mass is 10.2.